The van der Waals surface area contributed by atoms with Crippen molar-refractivity contribution in [3.8, 4) is 0 Å². The summed E-state index contributed by atoms with van der Waals surface area (Å²) in [5.74, 6) is 0.837. The Morgan fingerprint density at radius 1 is 1.05 bits per heavy atom. The molecule has 0 heterocycles. The van der Waals surface area contributed by atoms with E-state index in [4.69, 9.17) is 0 Å². The Hall–Kier alpha value is -0.0800. The Labute approximate surface area is 134 Å². The van der Waals surface area contributed by atoms with Crippen molar-refractivity contribution in [3.05, 3.63) is 0 Å². The maximum absolute atomic E-state index is 3.69. The second kappa shape index (κ2) is 11.5. The van der Waals surface area contributed by atoms with Crippen molar-refractivity contribution in [2.75, 3.05) is 19.6 Å². The summed E-state index contributed by atoms with van der Waals surface area (Å²) in [6, 6.07) is 1.63. The third kappa shape index (κ3) is 8.21. The van der Waals surface area contributed by atoms with Crippen molar-refractivity contribution in [1.82, 2.24) is 10.2 Å². The average Bonchev–Trinajstić information content (AvgIpc) is 2.99. The molecule has 1 saturated carbocycles. The van der Waals surface area contributed by atoms with E-state index in [-0.39, 0.29) is 0 Å². The maximum atomic E-state index is 3.69. The molecule has 0 amide bonds. The molecule has 126 valence electrons. The second-order valence-electron chi connectivity index (χ2n) is 7.36. The molecule has 0 aliphatic heterocycles. The third-order valence-electron chi connectivity index (χ3n) is 5.01. The predicted molar refractivity (Wildman–Crippen MR) is 94.9 cm³/mol. The highest BCUT2D eigenvalue weighted by Crippen LogP contribution is 2.24. The van der Waals surface area contributed by atoms with E-state index in [1.54, 1.807) is 0 Å². The molecule has 21 heavy (non-hydrogen) atoms. The van der Waals surface area contributed by atoms with Gasteiger partial charge < -0.3 is 10.2 Å². The molecule has 0 spiro atoms. The quantitative estimate of drug-likeness (QED) is 0.554. The zero-order valence-corrected chi connectivity index (χ0v) is 15.2. The van der Waals surface area contributed by atoms with Gasteiger partial charge >= 0.3 is 0 Å². The lowest BCUT2D eigenvalue weighted by Crippen LogP contribution is -2.36. The van der Waals surface area contributed by atoms with Crippen LogP contribution in [0.2, 0.25) is 0 Å². The van der Waals surface area contributed by atoms with Gasteiger partial charge in [-0.15, -0.1) is 0 Å². The Morgan fingerprint density at radius 3 is 2.33 bits per heavy atom. The molecular weight excluding hydrogens is 256 g/mol. The zero-order valence-electron chi connectivity index (χ0n) is 15.2. The van der Waals surface area contributed by atoms with Crippen LogP contribution in [0.1, 0.15) is 85.5 Å². The number of rotatable bonds is 12. The number of nitrogens with zero attached hydrogens (tertiary/aromatic N) is 1. The molecule has 0 saturated heterocycles. The highest BCUT2D eigenvalue weighted by molar-refractivity contribution is 4.78. The van der Waals surface area contributed by atoms with E-state index in [1.165, 1.54) is 77.4 Å². The summed E-state index contributed by atoms with van der Waals surface area (Å²) >= 11 is 0. The van der Waals surface area contributed by atoms with Crippen molar-refractivity contribution in [2.24, 2.45) is 5.92 Å². The van der Waals surface area contributed by atoms with E-state index in [0.29, 0.717) is 0 Å². The highest BCUT2D eigenvalue weighted by Gasteiger charge is 2.22. The normalized spacial score (nSPS) is 18.0. The third-order valence-corrected chi connectivity index (χ3v) is 5.01. The van der Waals surface area contributed by atoms with Crippen molar-refractivity contribution < 1.29 is 0 Å². The highest BCUT2D eigenvalue weighted by atomic mass is 15.2. The summed E-state index contributed by atoms with van der Waals surface area (Å²) in [5.41, 5.74) is 0. The van der Waals surface area contributed by atoms with Gasteiger partial charge in [0.15, 0.2) is 0 Å². The zero-order chi connectivity index (χ0) is 15.5. The summed E-state index contributed by atoms with van der Waals surface area (Å²) in [5, 5.41) is 3.69. The van der Waals surface area contributed by atoms with Crippen LogP contribution in [-0.2, 0) is 0 Å². The van der Waals surface area contributed by atoms with Crippen molar-refractivity contribution in [3.63, 3.8) is 0 Å². The van der Waals surface area contributed by atoms with Gasteiger partial charge in [-0.05, 0) is 70.5 Å². The molecule has 2 heteroatoms. The van der Waals surface area contributed by atoms with E-state index in [1.807, 2.05) is 0 Å². The lowest BCUT2D eigenvalue weighted by molar-refractivity contribution is 0.182. The van der Waals surface area contributed by atoms with Crippen molar-refractivity contribution >= 4 is 0 Å². The van der Waals surface area contributed by atoms with E-state index >= 15 is 0 Å². The van der Waals surface area contributed by atoms with Crippen LogP contribution in [-0.4, -0.2) is 36.6 Å². The molecule has 1 atom stereocenters. The summed E-state index contributed by atoms with van der Waals surface area (Å²) in [4.78, 5) is 2.82. The molecular formula is C19H40N2. The topological polar surface area (TPSA) is 15.3 Å². The van der Waals surface area contributed by atoms with Crippen LogP contribution in [0.4, 0.5) is 0 Å². The Kier molecular flexibility index (Phi) is 10.4. The average molecular weight is 297 g/mol. The van der Waals surface area contributed by atoms with Gasteiger partial charge in [-0.2, -0.15) is 0 Å². The Bertz CT molecular complexity index is 234. The van der Waals surface area contributed by atoms with Crippen LogP contribution in [0.15, 0.2) is 0 Å². The Balaban J connectivity index is 2.30. The van der Waals surface area contributed by atoms with Gasteiger partial charge in [0.1, 0.15) is 0 Å². The fourth-order valence-corrected chi connectivity index (χ4v) is 3.51. The van der Waals surface area contributed by atoms with Gasteiger partial charge in [-0.1, -0.05) is 40.5 Å². The second-order valence-corrected chi connectivity index (χ2v) is 7.36. The minimum atomic E-state index is 0.737. The maximum Gasteiger partial charge on any atom is 0.00952 e. The molecule has 1 unspecified atom stereocenters. The standard InChI is InChI=1S/C19H40N2/c1-5-14-20-18(6-2)10-9-15-21(16-13-17(3)4)19-11-7-8-12-19/h17-20H,5-16H2,1-4H3. The minimum absolute atomic E-state index is 0.737. The molecule has 0 aromatic rings. The molecule has 1 N–H and O–H groups in total. The van der Waals surface area contributed by atoms with Crippen LogP contribution in [0.3, 0.4) is 0 Å². The molecule has 2 nitrogen and oxygen atoms in total. The van der Waals surface area contributed by atoms with Crippen LogP contribution in [0, 0.1) is 5.92 Å². The smallest absolute Gasteiger partial charge is 0.00952 e. The van der Waals surface area contributed by atoms with E-state index in [9.17, 15) is 0 Å². The number of hydrogen-bond acceptors (Lipinski definition) is 2. The summed E-state index contributed by atoms with van der Waals surface area (Å²) < 4.78 is 0. The number of nitrogens with one attached hydrogen (secondary N) is 1. The van der Waals surface area contributed by atoms with Gasteiger partial charge in [0.25, 0.3) is 0 Å². The van der Waals surface area contributed by atoms with Gasteiger partial charge in [0.05, 0.1) is 0 Å². The van der Waals surface area contributed by atoms with Gasteiger partial charge in [0.2, 0.25) is 0 Å². The predicted octanol–water partition coefficient (Wildman–Crippen LogP) is 4.84. The molecule has 1 fully saturated rings. The van der Waals surface area contributed by atoms with Crippen LogP contribution in [0.25, 0.3) is 0 Å². The monoisotopic (exact) mass is 296 g/mol. The van der Waals surface area contributed by atoms with Crippen LogP contribution >= 0.6 is 0 Å². The van der Waals surface area contributed by atoms with Crippen molar-refractivity contribution in [1.29, 1.82) is 0 Å². The summed E-state index contributed by atoms with van der Waals surface area (Å²) in [6.07, 6.45) is 12.4. The first kappa shape index (κ1) is 19.0. The largest absolute Gasteiger partial charge is 0.314 e. The molecule has 0 aromatic heterocycles. The molecule has 1 aliphatic rings. The molecule has 1 aliphatic carbocycles. The van der Waals surface area contributed by atoms with Crippen LogP contribution < -0.4 is 5.32 Å². The lowest BCUT2D eigenvalue weighted by atomic mass is 10.1. The molecule has 0 radical (unpaired) electrons. The minimum Gasteiger partial charge on any atom is -0.314 e. The lowest BCUT2D eigenvalue weighted by Gasteiger charge is -2.30. The number of hydrogen-bond donors (Lipinski definition) is 1. The van der Waals surface area contributed by atoms with Crippen molar-refractivity contribution in [2.45, 2.75) is 97.6 Å². The van der Waals surface area contributed by atoms with Gasteiger partial charge in [-0.25, -0.2) is 0 Å². The molecule has 0 aromatic carbocycles. The summed E-state index contributed by atoms with van der Waals surface area (Å²) in [7, 11) is 0. The van der Waals surface area contributed by atoms with Crippen LogP contribution in [0.5, 0.6) is 0 Å². The first-order valence-corrected chi connectivity index (χ1v) is 9.64. The van der Waals surface area contributed by atoms with Gasteiger partial charge in [0, 0.05) is 12.1 Å². The van der Waals surface area contributed by atoms with Gasteiger partial charge in [-0.3, -0.25) is 0 Å². The van der Waals surface area contributed by atoms with E-state index < -0.39 is 0 Å². The first-order valence-electron chi connectivity index (χ1n) is 9.64. The van der Waals surface area contributed by atoms with E-state index in [0.717, 1.165) is 18.0 Å². The van der Waals surface area contributed by atoms with E-state index in [2.05, 4.69) is 37.9 Å². The fourth-order valence-electron chi connectivity index (χ4n) is 3.51. The summed E-state index contributed by atoms with van der Waals surface area (Å²) in [6.45, 7) is 13.1. The SMILES string of the molecule is CCCNC(CC)CCCN(CCC(C)C)C1CCCC1. The molecule has 0 bridgehead atoms. The first-order chi connectivity index (χ1) is 10.2. The molecule has 1 rings (SSSR count). The Morgan fingerprint density at radius 2 is 1.76 bits per heavy atom. The fraction of sp³-hybridized carbons (Fsp3) is 1.00.